The molecule has 4 aromatic rings. The van der Waals surface area contributed by atoms with Crippen molar-refractivity contribution in [1.82, 2.24) is 15.3 Å². The number of nitrogens with zero attached hydrogens (tertiary/aromatic N) is 3. The molecular formula is C40H51N6O3S+. The maximum absolute atomic E-state index is 14.1. The molecule has 5 heterocycles. The molecule has 1 saturated carbocycles. The number of piperidine rings is 1. The molecule has 5 atom stereocenters. The highest BCUT2D eigenvalue weighted by Crippen LogP contribution is 2.46. The Balaban J connectivity index is 1.21. The summed E-state index contributed by atoms with van der Waals surface area (Å²) in [5.41, 5.74) is 13.1. The molecule has 3 aromatic heterocycles. The van der Waals surface area contributed by atoms with Crippen LogP contribution in [-0.4, -0.2) is 70.6 Å². The summed E-state index contributed by atoms with van der Waals surface area (Å²) < 4.78 is 5.68. The molecule has 9 nitrogen and oxygen atoms in total. The lowest BCUT2D eigenvalue weighted by molar-refractivity contribution is -0.755. The Kier molecular flexibility index (Phi) is 9.24. The zero-order valence-electron chi connectivity index (χ0n) is 30.2. The first kappa shape index (κ1) is 34.6. The van der Waals surface area contributed by atoms with E-state index in [0.29, 0.717) is 49.8 Å². The van der Waals surface area contributed by atoms with E-state index in [1.54, 1.807) is 23.7 Å². The number of H-pyrrole nitrogens is 1. The lowest BCUT2D eigenvalue weighted by Crippen LogP contribution is -2.59. The van der Waals surface area contributed by atoms with Crippen molar-refractivity contribution >= 4 is 39.4 Å². The summed E-state index contributed by atoms with van der Waals surface area (Å²) in [6.45, 7) is 14.6. The monoisotopic (exact) mass is 695 g/mol. The molecular weight excluding hydrogens is 645 g/mol. The number of fused-ring (bicyclic) bond motifs is 3. The molecule has 50 heavy (non-hydrogen) atoms. The molecule has 0 radical (unpaired) electrons. The highest BCUT2D eigenvalue weighted by atomic mass is 32.1. The van der Waals surface area contributed by atoms with Gasteiger partial charge in [0.2, 0.25) is 0 Å². The molecule has 5 unspecified atom stereocenters. The fourth-order valence-electron chi connectivity index (χ4n) is 8.77. The largest absolute Gasteiger partial charge is 0.524 e. The number of quaternary nitrogens is 1. The fraction of sp³-hybridized carbons (Fsp3) is 0.500. The van der Waals surface area contributed by atoms with Gasteiger partial charge in [-0.3, -0.25) is 9.78 Å². The number of guanidine groups is 1. The number of benzene rings is 1. The predicted molar refractivity (Wildman–Crippen MR) is 201 cm³/mol. The second kappa shape index (κ2) is 13.4. The van der Waals surface area contributed by atoms with Gasteiger partial charge in [0.05, 0.1) is 24.2 Å². The van der Waals surface area contributed by atoms with E-state index in [0.717, 1.165) is 63.3 Å². The standard InChI is InChI=1S/C40H51N6O3S/c1-23(2)49-39(48)46(16-12-28(22-46)26-9-13-42-14-10-26)38(41)43-15-11-30-31-20-33(40(5,6)36(47)34-27-7-8-32(34)44-21-27)50-37(31)45-35(30)29-18-24(3)17-25(4)19-29/h9-10,13-14,17-20,23,27-28,32,34,44-45H,7-8,11-12,15-16,21-22H2,1-6H3,(H2,41,43)/q+1. The summed E-state index contributed by atoms with van der Waals surface area (Å²) in [4.78, 5) is 42.8. The van der Waals surface area contributed by atoms with Gasteiger partial charge in [-0.25, -0.2) is 4.99 Å². The summed E-state index contributed by atoms with van der Waals surface area (Å²) in [6.07, 6.45) is 6.63. The predicted octanol–water partition coefficient (Wildman–Crippen LogP) is 7.16. The summed E-state index contributed by atoms with van der Waals surface area (Å²) >= 11 is 1.69. The van der Waals surface area contributed by atoms with Gasteiger partial charge < -0.3 is 20.8 Å². The number of thiophene rings is 1. The second-order valence-corrected chi connectivity index (χ2v) is 16.7. The van der Waals surface area contributed by atoms with Gasteiger partial charge >= 0.3 is 12.1 Å². The fourth-order valence-corrected chi connectivity index (χ4v) is 9.97. The Morgan fingerprint density at radius 1 is 1.10 bits per heavy atom. The lowest BCUT2D eigenvalue weighted by Gasteiger charge is -2.29. The molecule has 1 amide bonds. The number of ether oxygens (including phenoxy) is 1. The number of rotatable bonds is 9. The number of pyridine rings is 1. The van der Waals surface area contributed by atoms with Crippen molar-refractivity contribution in [2.24, 2.45) is 22.6 Å². The minimum atomic E-state index is -0.587. The average molecular weight is 696 g/mol. The van der Waals surface area contributed by atoms with E-state index in [4.69, 9.17) is 15.5 Å². The number of Topliss-reactive ketones (excluding diaryl/α,β-unsaturated/α-hetero) is 1. The third kappa shape index (κ3) is 6.20. The van der Waals surface area contributed by atoms with Gasteiger partial charge in [0, 0.05) is 47.0 Å². The molecule has 4 N–H and O–H groups in total. The molecule has 3 aliphatic rings. The number of nitrogens with one attached hydrogen (secondary N) is 2. The number of nitrogens with two attached hydrogens (primary N) is 1. The molecule has 2 bridgehead atoms. The van der Waals surface area contributed by atoms with E-state index in [2.05, 4.69) is 67.2 Å². The zero-order valence-corrected chi connectivity index (χ0v) is 31.0. The molecule has 10 heteroatoms. The van der Waals surface area contributed by atoms with Crippen molar-refractivity contribution in [3.8, 4) is 11.3 Å². The van der Waals surface area contributed by atoms with Crippen LogP contribution >= 0.6 is 11.3 Å². The second-order valence-electron chi connectivity index (χ2n) is 15.6. The third-order valence-electron chi connectivity index (χ3n) is 11.4. The van der Waals surface area contributed by atoms with Gasteiger partial charge in [-0.2, -0.15) is 9.28 Å². The Bertz CT molecular complexity index is 1900. The molecule has 1 aliphatic carbocycles. The van der Waals surface area contributed by atoms with Crippen LogP contribution in [0.1, 0.15) is 80.0 Å². The van der Waals surface area contributed by atoms with E-state index in [-0.39, 0.29) is 28.5 Å². The number of carbonyl (C=O) groups is 2. The number of aromatic amines is 1. The highest BCUT2D eigenvalue weighted by Gasteiger charge is 2.52. The molecule has 2 aliphatic heterocycles. The average Bonchev–Trinajstić information content (AvgIpc) is 3.91. The van der Waals surface area contributed by atoms with Crippen molar-refractivity contribution in [2.45, 2.75) is 90.7 Å². The van der Waals surface area contributed by atoms with Gasteiger partial charge in [0.25, 0.3) is 0 Å². The van der Waals surface area contributed by atoms with Crippen molar-refractivity contribution < 1.29 is 18.8 Å². The number of amides is 1. The van der Waals surface area contributed by atoms with Crippen LogP contribution in [0.3, 0.4) is 0 Å². The first-order chi connectivity index (χ1) is 23.9. The van der Waals surface area contributed by atoms with Crippen molar-refractivity contribution in [3.63, 3.8) is 0 Å². The maximum atomic E-state index is 14.1. The van der Waals surface area contributed by atoms with Gasteiger partial charge in [-0.1, -0.05) is 17.2 Å². The Labute approximate surface area is 299 Å². The summed E-state index contributed by atoms with van der Waals surface area (Å²) in [6, 6.07) is 13.2. The lowest BCUT2D eigenvalue weighted by atomic mass is 9.76. The molecule has 264 valence electrons. The van der Waals surface area contributed by atoms with Crippen LogP contribution in [0, 0.1) is 25.7 Å². The number of ketones is 1. The van der Waals surface area contributed by atoms with E-state index >= 15 is 0 Å². The molecule has 2 saturated heterocycles. The van der Waals surface area contributed by atoms with Gasteiger partial charge in [-0.05, 0) is 120 Å². The topological polar surface area (TPSA) is 122 Å². The van der Waals surface area contributed by atoms with E-state index in [9.17, 15) is 9.59 Å². The SMILES string of the molecule is Cc1cc(C)cc(-c2[nH]c3sc(C(C)(C)C(=O)C4C5CCC4NC5)cc3c2CCN=C(N)[N+]2(C(=O)OC(C)C)CCC(c3ccncc3)C2)c1. The minimum Gasteiger partial charge on any atom is -0.417 e. The summed E-state index contributed by atoms with van der Waals surface area (Å²) in [5, 5.41) is 4.71. The first-order valence-electron chi connectivity index (χ1n) is 18.2. The Morgan fingerprint density at radius 3 is 2.48 bits per heavy atom. The van der Waals surface area contributed by atoms with Crippen LogP contribution in [0.25, 0.3) is 21.5 Å². The number of hydrogen-bond donors (Lipinski definition) is 3. The van der Waals surface area contributed by atoms with Crippen molar-refractivity contribution in [2.75, 3.05) is 26.2 Å². The first-order valence-corrected chi connectivity index (χ1v) is 19.0. The molecule has 1 aromatic carbocycles. The van der Waals surface area contributed by atoms with Crippen LogP contribution < -0.4 is 11.1 Å². The smallest absolute Gasteiger partial charge is 0.417 e. The number of aliphatic imine (C=N–C) groups is 1. The van der Waals surface area contributed by atoms with Crippen molar-refractivity contribution in [1.29, 1.82) is 0 Å². The van der Waals surface area contributed by atoms with Gasteiger partial charge in [-0.15, -0.1) is 11.3 Å². The number of aryl methyl sites for hydroxylation is 2. The number of hydrogen-bond acceptors (Lipinski definition) is 7. The number of carbonyl (C=O) groups excluding carboxylic acids is 2. The number of aromatic nitrogens is 2. The van der Waals surface area contributed by atoms with Crippen LogP contribution in [0.15, 0.2) is 53.8 Å². The highest BCUT2D eigenvalue weighted by molar-refractivity contribution is 7.19. The number of likely N-dealkylation sites (tertiary alicyclic amines) is 1. The molecule has 0 spiro atoms. The molecule has 7 rings (SSSR count). The van der Waals surface area contributed by atoms with Crippen molar-refractivity contribution in [3.05, 3.63) is 75.9 Å². The van der Waals surface area contributed by atoms with E-state index in [1.807, 2.05) is 26.0 Å². The normalized spacial score (nSPS) is 25.2. The van der Waals surface area contributed by atoms with Crippen LogP contribution in [0.4, 0.5) is 4.79 Å². The van der Waals surface area contributed by atoms with Crippen LogP contribution in [0.2, 0.25) is 0 Å². The quantitative estimate of drug-likeness (QED) is 0.0971. The van der Waals surface area contributed by atoms with Gasteiger partial charge in [0.1, 0.15) is 23.3 Å². The Hall–Kier alpha value is -3.86. The summed E-state index contributed by atoms with van der Waals surface area (Å²) in [7, 11) is 0. The third-order valence-corrected chi connectivity index (χ3v) is 12.8. The molecule has 3 fully saturated rings. The van der Waals surface area contributed by atoms with Crippen LogP contribution in [-0.2, 0) is 21.4 Å². The van der Waals surface area contributed by atoms with E-state index < -0.39 is 5.41 Å². The van der Waals surface area contributed by atoms with Crippen LogP contribution in [0.5, 0.6) is 0 Å². The maximum Gasteiger partial charge on any atom is 0.524 e. The minimum absolute atomic E-state index is 0.0922. The van der Waals surface area contributed by atoms with Gasteiger partial charge in [0.15, 0.2) is 0 Å². The zero-order chi connectivity index (χ0) is 35.4. The Morgan fingerprint density at radius 2 is 1.84 bits per heavy atom. The summed E-state index contributed by atoms with van der Waals surface area (Å²) in [5.74, 6) is 1.34. The van der Waals surface area contributed by atoms with E-state index in [1.165, 1.54) is 11.1 Å².